The molecular formula is C26H44O4. The summed E-state index contributed by atoms with van der Waals surface area (Å²) in [5.41, 5.74) is 0.678. The van der Waals surface area contributed by atoms with Gasteiger partial charge in [0.15, 0.2) is 0 Å². The monoisotopic (exact) mass is 420 g/mol. The van der Waals surface area contributed by atoms with Crippen molar-refractivity contribution in [1.29, 1.82) is 0 Å². The summed E-state index contributed by atoms with van der Waals surface area (Å²) in [4.78, 5) is 11.1. The van der Waals surface area contributed by atoms with Gasteiger partial charge in [-0.05, 0) is 111 Å². The number of hydrogen-bond donors (Lipinski definition) is 2. The van der Waals surface area contributed by atoms with Gasteiger partial charge in [-0.3, -0.25) is 4.79 Å². The van der Waals surface area contributed by atoms with E-state index in [-0.39, 0.29) is 6.10 Å². The molecule has 0 aromatic rings. The zero-order valence-electron chi connectivity index (χ0n) is 19.6. The van der Waals surface area contributed by atoms with Gasteiger partial charge >= 0.3 is 5.97 Å². The lowest BCUT2D eigenvalue weighted by molar-refractivity contribution is -0.187. The molecule has 4 aliphatic carbocycles. The van der Waals surface area contributed by atoms with Crippen LogP contribution in [0.25, 0.3) is 0 Å². The molecule has 0 amide bonds. The fourth-order valence-corrected chi connectivity index (χ4v) is 9.09. The molecule has 30 heavy (non-hydrogen) atoms. The lowest BCUT2D eigenvalue weighted by Gasteiger charge is -2.63. The average molecular weight is 421 g/mol. The Morgan fingerprint density at radius 1 is 1.07 bits per heavy atom. The first-order chi connectivity index (χ1) is 14.2. The first-order valence-electron chi connectivity index (χ1n) is 12.7. The van der Waals surface area contributed by atoms with Crippen LogP contribution in [0.15, 0.2) is 0 Å². The Bertz CT molecular complexity index is 635. The van der Waals surface area contributed by atoms with Gasteiger partial charge in [0.25, 0.3) is 0 Å². The largest absolute Gasteiger partial charge is 0.481 e. The third kappa shape index (κ3) is 3.64. The van der Waals surface area contributed by atoms with Gasteiger partial charge in [0.05, 0.1) is 12.2 Å². The molecule has 4 saturated carbocycles. The Labute approximate surface area is 183 Å². The zero-order chi connectivity index (χ0) is 21.7. The van der Waals surface area contributed by atoms with Crippen LogP contribution < -0.4 is 0 Å². The summed E-state index contributed by atoms with van der Waals surface area (Å²) < 4.78 is 6.45. The third-order valence-corrected chi connectivity index (χ3v) is 10.6. The number of rotatable bonds is 6. The molecule has 0 aliphatic heterocycles. The molecule has 0 saturated heterocycles. The molecule has 0 aromatic heterocycles. The number of aliphatic carboxylic acids is 1. The van der Waals surface area contributed by atoms with Gasteiger partial charge < -0.3 is 14.9 Å². The van der Waals surface area contributed by atoms with E-state index in [2.05, 4.69) is 27.7 Å². The standard InChI is InChI=1S/C26H44O4/c1-5-30-22-15-17-14-18(27)10-12-25(17,3)21-11-13-26(4)19(7-8-20(26)24(21)22)16(2)6-9-23(28)29/h16-22,24,27H,5-15H2,1-4H3,(H,28,29). The summed E-state index contributed by atoms with van der Waals surface area (Å²) in [6.45, 7) is 10.3. The third-order valence-electron chi connectivity index (χ3n) is 10.6. The van der Waals surface area contributed by atoms with Crippen LogP contribution in [-0.4, -0.2) is 35.0 Å². The van der Waals surface area contributed by atoms with Gasteiger partial charge in [0.1, 0.15) is 0 Å². The Kier molecular flexibility index (Phi) is 6.31. The smallest absolute Gasteiger partial charge is 0.303 e. The van der Waals surface area contributed by atoms with Crippen molar-refractivity contribution < 1.29 is 19.7 Å². The summed E-state index contributed by atoms with van der Waals surface area (Å²) in [5.74, 6) is 3.11. The predicted octanol–water partition coefficient (Wildman–Crippen LogP) is 5.52. The van der Waals surface area contributed by atoms with Crippen molar-refractivity contribution in [3.63, 3.8) is 0 Å². The minimum Gasteiger partial charge on any atom is -0.481 e. The van der Waals surface area contributed by atoms with Crippen molar-refractivity contribution in [3.05, 3.63) is 0 Å². The normalized spacial score (nSPS) is 49.0. The van der Waals surface area contributed by atoms with Crippen LogP contribution in [0.2, 0.25) is 0 Å². The fraction of sp³-hybridized carbons (Fsp3) is 0.962. The topological polar surface area (TPSA) is 66.8 Å². The van der Waals surface area contributed by atoms with Gasteiger partial charge in [0, 0.05) is 13.0 Å². The van der Waals surface area contributed by atoms with Crippen molar-refractivity contribution in [1.82, 2.24) is 0 Å². The fourth-order valence-electron chi connectivity index (χ4n) is 9.09. The average Bonchev–Trinajstić information content (AvgIpc) is 3.04. The van der Waals surface area contributed by atoms with Crippen LogP contribution in [-0.2, 0) is 9.53 Å². The van der Waals surface area contributed by atoms with Crippen LogP contribution in [0.4, 0.5) is 0 Å². The number of carboxylic acids is 1. The van der Waals surface area contributed by atoms with E-state index in [0.29, 0.717) is 58.9 Å². The lowest BCUT2D eigenvalue weighted by atomic mass is 9.43. The van der Waals surface area contributed by atoms with Crippen molar-refractivity contribution >= 4 is 5.97 Å². The molecule has 0 heterocycles. The van der Waals surface area contributed by atoms with Crippen molar-refractivity contribution in [2.24, 2.45) is 46.3 Å². The highest BCUT2D eigenvalue weighted by Crippen LogP contribution is 2.68. The van der Waals surface area contributed by atoms with E-state index in [1.807, 2.05) is 0 Å². The molecular weight excluding hydrogens is 376 g/mol. The molecule has 4 fully saturated rings. The number of fused-ring (bicyclic) bond motifs is 5. The molecule has 172 valence electrons. The quantitative estimate of drug-likeness (QED) is 0.593. The molecule has 4 nitrogen and oxygen atoms in total. The van der Waals surface area contributed by atoms with Crippen LogP contribution in [0.5, 0.6) is 0 Å². The second kappa shape index (κ2) is 8.39. The van der Waals surface area contributed by atoms with E-state index in [0.717, 1.165) is 32.3 Å². The minimum absolute atomic E-state index is 0.123. The number of aliphatic hydroxyl groups is 1. The summed E-state index contributed by atoms with van der Waals surface area (Å²) in [5, 5.41) is 19.5. The van der Waals surface area contributed by atoms with E-state index in [4.69, 9.17) is 4.74 Å². The number of aliphatic hydroxyl groups excluding tert-OH is 1. The van der Waals surface area contributed by atoms with Crippen LogP contribution in [0, 0.1) is 46.3 Å². The Morgan fingerprint density at radius 2 is 1.77 bits per heavy atom. The number of hydrogen-bond acceptors (Lipinski definition) is 3. The maximum Gasteiger partial charge on any atom is 0.303 e. The van der Waals surface area contributed by atoms with Crippen molar-refractivity contribution in [2.45, 2.75) is 104 Å². The minimum atomic E-state index is -0.660. The SMILES string of the molecule is CCOC1CC2CC(O)CCC2(C)C2CCC3(C)C(C(C)CCC(=O)O)CCC3C12. The Hall–Kier alpha value is -0.610. The zero-order valence-corrected chi connectivity index (χ0v) is 19.6. The molecule has 0 radical (unpaired) electrons. The highest BCUT2D eigenvalue weighted by atomic mass is 16.5. The molecule has 0 bridgehead atoms. The first kappa shape index (κ1) is 22.6. The second-order valence-corrected chi connectivity index (χ2v) is 11.8. The van der Waals surface area contributed by atoms with E-state index < -0.39 is 5.97 Å². The molecule has 2 N–H and O–H groups in total. The van der Waals surface area contributed by atoms with Gasteiger partial charge in [-0.25, -0.2) is 0 Å². The van der Waals surface area contributed by atoms with Crippen molar-refractivity contribution in [2.75, 3.05) is 6.61 Å². The van der Waals surface area contributed by atoms with E-state index in [1.54, 1.807) is 0 Å². The van der Waals surface area contributed by atoms with Crippen LogP contribution in [0.1, 0.15) is 91.9 Å². The number of ether oxygens (including phenoxy) is 1. The Balaban J connectivity index is 1.59. The predicted molar refractivity (Wildman–Crippen MR) is 118 cm³/mol. The molecule has 4 rings (SSSR count). The summed E-state index contributed by atoms with van der Waals surface area (Å²) in [6, 6.07) is 0. The molecule has 0 spiro atoms. The highest BCUT2D eigenvalue weighted by Gasteiger charge is 2.63. The molecule has 10 unspecified atom stereocenters. The maximum atomic E-state index is 11.1. The maximum absolute atomic E-state index is 11.1. The van der Waals surface area contributed by atoms with Gasteiger partial charge in [0.2, 0.25) is 0 Å². The van der Waals surface area contributed by atoms with Gasteiger partial charge in [-0.1, -0.05) is 20.8 Å². The van der Waals surface area contributed by atoms with E-state index in [9.17, 15) is 15.0 Å². The number of carboxylic acid groups (broad SMARTS) is 1. The van der Waals surface area contributed by atoms with Crippen LogP contribution >= 0.6 is 0 Å². The Morgan fingerprint density at radius 3 is 2.47 bits per heavy atom. The summed E-state index contributed by atoms with van der Waals surface area (Å²) >= 11 is 0. The lowest BCUT2D eigenvalue weighted by Crippen LogP contribution is -2.59. The summed E-state index contributed by atoms with van der Waals surface area (Å²) in [7, 11) is 0. The van der Waals surface area contributed by atoms with Gasteiger partial charge in [-0.15, -0.1) is 0 Å². The highest BCUT2D eigenvalue weighted by molar-refractivity contribution is 5.66. The van der Waals surface area contributed by atoms with Crippen molar-refractivity contribution in [3.8, 4) is 0 Å². The molecule has 4 aliphatic rings. The molecule has 10 atom stereocenters. The number of carbonyl (C=O) groups is 1. The van der Waals surface area contributed by atoms with E-state index in [1.165, 1.54) is 32.1 Å². The van der Waals surface area contributed by atoms with Crippen LogP contribution in [0.3, 0.4) is 0 Å². The molecule has 0 aromatic carbocycles. The van der Waals surface area contributed by atoms with Gasteiger partial charge in [-0.2, -0.15) is 0 Å². The second-order valence-electron chi connectivity index (χ2n) is 11.8. The van der Waals surface area contributed by atoms with E-state index >= 15 is 0 Å². The molecule has 4 heteroatoms. The first-order valence-corrected chi connectivity index (χ1v) is 12.7. The summed E-state index contributed by atoms with van der Waals surface area (Å²) in [6.07, 6.45) is 10.6.